The molecule has 1 nitrogen and oxygen atoms in total. The fourth-order valence-electron chi connectivity index (χ4n) is 1.82. The van der Waals surface area contributed by atoms with E-state index >= 15 is 0 Å². The van der Waals surface area contributed by atoms with Crippen LogP contribution in [0.5, 0.6) is 5.75 Å². The van der Waals surface area contributed by atoms with Gasteiger partial charge in [-0.1, -0.05) is 34.1 Å². The SMILES string of the molecule is COc1ccc(Cc2ccc(Br)cc2C)cc1. The highest BCUT2D eigenvalue weighted by atomic mass is 79.9. The monoisotopic (exact) mass is 290 g/mol. The highest BCUT2D eigenvalue weighted by Gasteiger charge is 2.01. The molecule has 0 fully saturated rings. The maximum absolute atomic E-state index is 5.15. The Morgan fingerprint density at radius 3 is 2.35 bits per heavy atom. The van der Waals surface area contributed by atoms with Crippen LogP contribution in [0.3, 0.4) is 0 Å². The molecule has 2 aromatic rings. The van der Waals surface area contributed by atoms with E-state index in [1.165, 1.54) is 16.7 Å². The number of halogens is 1. The van der Waals surface area contributed by atoms with Crippen molar-refractivity contribution in [1.29, 1.82) is 0 Å². The average Bonchev–Trinajstić information content (AvgIpc) is 2.34. The zero-order valence-corrected chi connectivity index (χ0v) is 11.6. The van der Waals surface area contributed by atoms with Crippen LogP contribution in [0.2, 0.25) is 0 Å². The maximum Gasteiger partial charge on any atom is 0.118 e. The first-order valence-corrected chi connectivity index (χ1v) is 6.36. The maximum atomic E-state index is 5.15. The number of rotatable bonds is 3. The van der Waals surface area contributed by atoms with Gasteiger partial charge in [0.05, 0.1) is 7.11 Å². The molecule has 0 unspecified atom stereocenters. The fourth-order valence-corrected chi connectivity index (χ4v) is 2.30. The van der Waals surface area contributed by atoms with Gasteiger partial charge in [-0.15, -0.1) is 0 Å². The third-order valence-electron chi connectivity index (χ3n) is 2.86. The van der Waals surface area contributed by atoms with E-state index < -0.39 is 0 Å². The predicted octanol–water partition coefficient (Wildman–Crippen LogP) is 4.36. The zero-order chi connectivity index (χ0) is 12.3. The summed E-state index contributed by atoms with van der Waals surface area (Å²) in [6, 6.07) is 14.6. The summed E-state index contributed by atoms with van der Waals surface area (Å²) >= 11 is 3.48. The van der Waals surface area contributed by atoms with Crippen LogP contribution in [-0.4, -0.2) is 7.11 Å². The minimum absolute atomic E-state index is 0.904. The highest BCUT2D eigenvalue weighted by molar-refractivity contribution is 9.10. The Kier molecular flexibility index (Phi) is 3.85. The van der Waals surface area contributed by atoms with Crippen molar-refractivity contribution in [2.75, 3.05) is 7.11 Å². The predicted molar refractivity (Wildman–Crippen MR) is 74.7 cm³/mol. The van der Waals surface area contributed by atoms with Crippen molar-refractivity contribution in [3.8, 4) is 5.75 Å². The van der Waals surface area contributed by atoms with Crippen LogP contribution in [0, 0.1) is 6.92 Å². The van der Waals surface area contributed by atoms with Crippen molar-refractivity contribution in [2.24, 2.45) is 0 Å². The molecule has 0 saturated carbocycles. The molecule has 0 aliphatic heterocycles. The Labute approximate surface area is 111 Å². The highest BCUT2D eigenvalue weighted by Crippen LogP contribution is 2.20. The number of aryl methyl sites for hydroxylation is 1. The molecular weight excluding hydrogens is 276 g/mol. The van der Waals surface area contributed by atoms with Crippen molar-refractivity contribution in [3.63, 3.8) is 0 Å². The summed E-state index contributed by atoms with van der Waals surface area (Å²) in [6.45, 7) is 2.14. The number of hydrogen-bond acceptors (Lipinski definition) is 1. The number of benzene rings is 2. The van der Waals surface area contributed by atoms with Crippen molar-refractivity contribution >= 4 is 15.9 Å². The van der Waals surface area contributed by atoms with Gasteiger partial charge in [0.25, 0.3) is 0 Å². The van der Waals surface area contributed by atoms with Crippen molar-refractivity contribution in [3.05, 3.63) is 63.6 Å². The van der Waals surface area contributed by atoms with Crippen molar-refractivity contribution in [1.82, 2.24) is 0 Å². The summed E-state index contributed by atoms with van der Waals surface area (Å²) in [5.74, 6) is 0.904. The summed E-state index contributed by atoms with van der Waals surface area (Å²) in [6.07, 6.45) is 0.961. The van der Waals surface area contributed by atoms with Crippen molar-refractivity contribution in [2.45, 2.75) is 13.3 Å². The van der Waals surface area contributed by atoms with Gasteiger partial charge in [-0.3, -0.25) is 0 Å². The van der Waals surface area contributed by atoms with Gasteiger partial charge in [-0.2, -0.15) is 0 Å². The van der Waals surface area contributed by atoms with Crippen LogP contribution < -0.4 is 4.74 Å². The van der Waals surface area contributed by atoms with Gasteiger partial charge in [0.15, 0.2) is 0 Å². The summed E-state index contributed by atoms with van der Waals surface area (Å²) in [4.78, 5) is 0. The molecule has 0 atom stereocenters. The molecule has 88 valence electrons. The summed E-state index contributed by atoms with van der Waals surface area (Å²) in [5.41, 5.74) is 3.98. The largest absolute Gasteiger partial charge is 0.497 e. The zero-order valence-electron chi connectivity index (χ0n) is 10.0. The molecule has 0 heterocycles. The Morgan fingerprint density at radius 1 is 1.06 bits per heavy atom. The normalized spacial score (nSPS) is 10.3. The van der Waals surface area contributed by atoms with Crippen LogP contribution in [0.25, 0.3) is 0 Å². The molecule has 2 rings (SSSR count). The summed E-state index contributed by atoms with van der Waals surface area (Å²) < 4.78 is 6.29. The second-order valence-corrected chi connectivity index (χ2v) is 5.01. The van der Waals surface area contributed by atoms with E-state index in [9.17, 15) is 0 Å². The van der Waals surface area contributed by atoms with Gasteiger partial charge in [0.1, 0.15) is 5.75 Å². The number of methoxy groups -OCH3 is 1. The third kappa shape index (κ3) is 3.10. The molecule has 0 radical (unpaired) electrons. The summed E-state index contributed by atoms with van der Waals surface area (Å²) in [7, 11) is 1.69. The smallest absolute Gasteiger partial charge is 0.118 e. The lowest BCUT2D eigenvalue weighted by Gasteiger charge is -2.07. The topological polar surface area (TPSA) is 9.23 Å². The molecule has 0 spiro atoms. The van der Waals surface area contributed by atoms with E-state index in [4.69, 9.17) is 4.74 Å². The van der Waals surface area contributed by atoms with Crippen LogP contribution in [-0.2, 0) is 6.42 Å². The molecule has 0 amide bonds. The van der Waals surface area contributed by atoms with Crippen LogP contribution in [0.15, 0.2) is 46.9 Å². The minimum Gasteiger partial charge on any atom is -0.497 e. The van der Waals surface area contributed by atoms with Gasteiger partial charge in [0.2, 0.25) is 0 Å². The first-order valence-electron chi connectivity index (χ1n) is 5.57. The lowest BCUT2D eigenvalue weighted by atomic mass is 10.0. The van der Waals surface area contributed by atoms with Crippen LogP contribution in [0.1, 0.15) is 16.7 Å². The molecule has 0 saturated heterocycles. The Balaban J connectivity index is 2.19. The Morgan fingerprint density at radius 2 is 1.76 bits per heavy atom. The van der Waals surface area contributed by atoms with Gasteiger partial charge < -0.3 is 4.74 Å². The molecule has 0 N–H and O–H groups in total. The van der Waals surface area contributed by atoms with Gasteiger partial charge in [0, 0.05) is 4.47 Å². The standard InChI is InChI=1S/C15H15BrO/c1-11-9-14(16)6-5-13(11)10-12-3-7-15(17-2)8-4-12/h3-9H,10H2,1-2H3. The lowest BCUT2D eigenvalue weighted by molar-refractivity contribution is 0.414. The van der Waals surface area contributed by atoms with E-state index in [1.54, 1.807) is 7.11 Å². The minimum atomic E-state index is 0.904. The average molecular weight is 291 g/mol. The number of hydrogen-bond donors (Lipinski definition) is 0. The van der Waals surface area contributed by atoms with Gasteiger partial charge in [-0.05, 0) is 54.3 Å². The summed E-state index contributed by atoms with van der Waals surface area (Å²) in [5, 5.41) is 0. The molecule has 2 aromatic carbocycles. The second-order valence-electron chi connectivity index (χ2n) is 4.10. The molecule has 0 aliphatic rings. The lowest BCUT2D eigenvalue weighted by Crippen LogP contribution is -1.92. The van der Waals surface area contributed by atoms with Crippen molar-refractivity contribution < 1.29 is 4.74 Å². The van der Waals surface area contributed by atoms with Crippen LogP contribution >= 0.6 is 15.9 Å². The third-order valence-corrected chi connectivity index (χ3v) is 3.35. The molecule has 0 bridgehead atoms. The van der Waals surface area contributed by atoms with E-state index in [0.717, 1.165) is 16.6 Å². The first kappa shape index (κ1) is 12.2. The van der Waals surface area contributed by atoms with E-state index in [0.29, 0.717) is 0 Å². The first-order chi connectivity index (χ1) is 8.19. The molecule has 2 heteroatoms. The number of ether oxygens (including phenoxy) is 1. The molecule has 0 aliphatic carbocycles. The quantitative estimate of drug-likeness (QED) is 0.816. The van der Waals surface area contributed by atoms with E-state index in [-0.39, 0.29) is 0 Å². The van der Waals surface area contributed by atoms with Gasteiger partial charge >= 0.3 is 0 Å². The molecule has 0 aromatic heterocycles. The Hall–Kier alpha value is -1.28. The molecule has 17 heavy (non-hydrogen) atoms. The fraction of sp³-hybridized carbons (Fsp3) is 0.200. The van der Waals surface area contributed by atoms with Gasteiger partial charge in [-0.25, -0.2) is 0 Å². The second kappa shape index (κ2) is 5.37. The van der Waals surface area contributed by atoms with Crippen LogP contribution in [0.4, 0.5) is 0 Å². The Bertz CT molecular complexity index is 503. The van der Waals surface area contributed by atoms with E-state index in [1.807, 2.05) is 12.1 Å². The van der Waals surface area contributed by atoms with E-state index in [2.05, 4.69) is 53.2 Å². The molecular formula is C15H15BrO.